The van der Waals surface area contributed by atoms with Gasteiger partial charge in [0.1, 0.15) is 0 Å². The first kappa shape index (κ1) is 13.9. The molecule has 2 heterocycles. The first-order valence-electron chi connectivity index (χ1n) is 7.36. The first-order chi connectivity index (χ1) is 10.1. The second-order valence-electron chi connectivity index (χ2n) is 5.57. The topological polar surface area (TPSA) is 81.0 Å². The summed E-state index contributed by atoms with van der Waals surface area (Å²) in [7, 11) is 0. The van der Waals surface area contributed by atoms with Gasteiger partial charge in [-0.2, -0.15) is 0 Å². The number of H-pyrrole nitrogens is 2. The Morgan fingerprint density at radius 2 is 2.00 bits per heavy atom. The maximum absolute atomic E-state index is 12.0. The molecule has 21 heavy (non-hydrogen) atoms. The molecule has 6 heteroatoms. The highest BCUT2D eigenvalue weighted by molar-refractivity contribution is 5.78. The van der Waals surface area contributed by atoms with E-state index in [0.29, 0.717) is 6.54 Å². The fraction of sp³-hybridized carbons (Fsp3) is 0.467. The van der Waals surface area contributed by atoms with Gasteiger partial charge < -0.3 is 20.2 Å². The number of carbonyl (C=O) groups excluding carboxylic acids is 1. The minimum absolute atomic E-state index is 0.0550. The molecule has 1 fully saturated rings. The van der Waals surface area contributed by atoms with Crippen molar-refractivity contribution in [2.75, 3.05) is 19.6 Å². The van der Waals surface area contributed by atoms with Crippen LogP contribution in [0.1, 0.15) is 31.4 Å². The van der Waals surface area contributed by atoms with Crippen molar-refractivity contribution in [2.45, 2.75) is 25.8 Å². The van der Waals surface area contributed by atoms with E-state index in [-0.39, 0.29) is 17.6 Å². The number of amides is 1. The van der Waals surface area contributed by atoms with Crippen LogP contribution < -0.4 is 11.0 Å². The molecule has 2 aromatic rings. The average Bonchev–Trinajstić information content (AvgIpc) is 3.11. The lowest BCUT2D eigenvalue weighted by Gasteiger charge is -2.18. The maximum atomic E-state index is 12.0. The predicted octanol–water partition coefficient (Wildman–Crippen LogP) is 1.13. The Morgan fingerprint density at radius 3 is 2.76 bits per heavy atom. The Bertz CT molecular complexity index is 697. The van der Waals surface area contributed by atoms with Crippen LogP contribution in [0.3, 0.4) is 0 Å². The molecule has 1 amide bonds. The van der Waals surface area contributed by atoms with Gasteiger partial charge in [-0.05, 0) is 37.5 Å². The van der Waals surface area contributed by atoms with Crippen molar-refractivity contribution in [3.63, 3.8) is 0 Å². The van der Waals surface area contributed by atoms with Crippen molar-refractivity contribution in [1.29, 1.82) is 0 Å². The van der Waals surface area contributed by atoms with Gasteiger partial charge in [-0.25, -0.2) is 4.79 Å². The summed E-state index contributed by atoms with van der Waals surface area (Å²) in [5.74, 6) is 0.162. The van der Waals surface area contributed by atoms with Crippen molar-refractivity contribution >= 4 is 16.9 Å². The van der Waals surface area contributed by atoms with Crippen molar-refractivity contribution in [3.8, 4) is 0 Å². The van der Waals surface area contributed by atoms with E-state index in [1.54, 1.807) is 0 Å². The molecule has 1 saturated heterocycles. The summed E-state index contributed by atoms with van der Waals surface area (Å²) in [6, 6.07) is 5.83. The smallest absolute Gasteiger partial charge is 0.323 e. The average molecular weight is 288 g/mol. The molecule has 112 valence electrons. The van der Waals surface area contributed by atoms with Crippen LogP contribution in [0.4, 0.5) is 0 Å². The lowest BCUT2D eigenvalue weighted by atomic mass is 10.1. The van der Waals surface area contributed by atoms with Gasteiger partial charge in [-0.3, -0.25) is 4.79 Å². The van der Waals surface area contributed by atoms with E-state index in [1.807, 2.05) is 30.0 Å². The molecule has 0 spiro atoms. The number of likely N-dealkylation sites (tertiary alicyclic amines) is 1. The number of aromatic amines is 2. The maximum Gasteiger partial charge on any atom is 0.323 e. The molecule has 1 aliphatic rings. The summed E-state index contributed by atoms with van der Waals surface area (Å²) >= 11 is 0. The van der Waals surface area contributed by atoms with Crippen LogP contribution >= 0.6 is 0 Å². The summed E-state index contributed by atoms with van der Waals surface area (Å²) in [4.78, 5) is 30.6. The number of hydrogen-bond acceptors (Lipinski definition) is 3. The number of rotatable bonds is 4. The lowest BCUT2D eigenvalue weighted by Crippen LogP contribution is -2.37. The molecular weight excluding hydrogens is 268 g/mol. The molecule has 6 nitrogen and oxygen atoms in total. The van der Waals surface area contributed by atoms with E-state index in [0.717, 1.165) is 42.5 Å². The van der Waals surface area contributed by atoms with E-state index in [4.69, 9.17) is 0 Å². The molecule has 0 radical (unpaired) electrons. The fourth-order valence-corrected chi connectivity index (χ4v) is 2.76. The van der Waals surface area contributed by atoms with Gasteiger partial charge in [-0.15, -0.1) is 0 Å². The van der Waals surface area contributed by atoms with Crippen molar-refractivity contribution in [3.05, 3.63) is 34.2 Å². The lowest BCUT2D eigenvalue weighted by molar-refractivity contribution is -0.129. The first-order valence-corrected chi connectivity index (χ1v) is 7.36. The summed E-state index contributed by atoms with van der Waals surface area (Å²) < 4.78 is 0. The van der Waals surface area contributed by atoms with E-state index >= 15 is 0 Å². The SMILES string of the molecule is CC(NCC(=O)N1CCCC1)c1ccc2[nH]c(=O)[nH]c2c1. The molecule has 1 aliphatic heterocycles. The molecule has 0 aliphatic carbocycles. The highest BCUT2D eigenvalue weighted by Crippen LogP contribution is 2.17. The van der Waals surface area contributed by atoms with Gasteiger partial charge in [0.2, 0.25) is 5.91 Å². The Hall–Kier alpha value is -2.08. The molecule has 1 unspecified atom stereocenters. The van der Waals surface area contributed by atoms with Gasteiger partial charge >= 0.3 is 5.69 Å². The summed E-state index contributed by atoms with van der Waals surface area (Å²) in [6.45, 7) is 4.13. The van der Waals surface area contributed by atoms with Crippen molar-refractivity contribution in [2.24, 2.45) is 0 Å². The molecule has 0 saturated carbocycles. The Balaban J connectivity index is 1.64. The van der Waals surface area contributed by atoms with Crippen LogP contribution in [0, 0.1) is 0 Å². The Labute approximate surface area is 122 Å². The second kappa shape index (κ2) is 5.73. The molecule has 3 rings (SSSR count). The van der Waals surface area contributed by atoms with Gasteiger partial charge in [0, 0.05) is 19.1 Å². The summed E-state index contributed by atoms with van der Waals surface area (Å²) in [6.07, 6.45) is 2.22. The number of nitrogens with one attached hydrogen (secondary N) is 3. The van der Waals surface area contributed by atoms with Gasteiger partial charge in [-0.1, -0.05) is 6.07 Å². The molecule has 3 N–H and O–H groups in total. The van der Waals surface area contributed by atoms with Crippen LogP contribution in [0.25, 0.3) is 11.0 Å². The molecule has 1 atom stereocenters. The van der Waals surface area contributed by atoms with Gasteiger partial charge in [0.25, 0.3) is 0 Å². The minimum atomic E-state index is -0.202. The number of nitrogens with zero attached hydrogens (tertiary/aromatic N) is 1. The number of aromatic nitrogens is 2. The number of benzene rings is 1. The number of carbonyl (C=O) groups is 1. The quantitative estimate of drug-likeness (QED) is 0.789. The molecule has 1 aromatic heterocycles. The zero-order chi connectivity index (χ0) is 14.8. The van der Waals surface area contributed by atoms with Crippen LogP contribution in [-0.4, -0.2) is 40.4 Å². The molecular formula is C15H20N4O2. The van der Waals surface area contributed by atoms with Crippen LogP contribution in [0.15, 0.2) is 23.0 Å². The number of imidazole rings is 1. The minimum Gasteiger partial charge on any atom is -0.342 e. The predicted molar refractivity (Wildman–Crippen MR) is 81.2 cm³/mol. The third kappa shape index (κ3) is 3.00. The largest absolute Gasteiger partial charge is 0.342 e. The van der Waals surface area contributed by atoms with E-state index < -0.39 is 0 Å². The van der Waals surface area contributed by atoms with Crippen LogP contribution in [0.5, 0.6) is 0 Å². The van der Waals surface area contributed by atoms with Gasteiger partial charge in [0.15, 0.2) is 0 Å². The molecule has 1 aromatic carbocycles. The zero-order valence-corrected chi connectivity index (χ0v) is 12.1. The monoisotopic (exact) mass is 288 g/mol. The van der Waals surface area contributed by atoms with E-state index in [9.17, 15) is 9.59 Å². The van der Waals surface area contributed by atoms with E-state index in [1.165, 1.54) is 0 Å². The second-order valence-corrected chi connectivity index (χ2v) is 5.57. The Morgan fingerprint density at radius 1 is 1.29 bits per heavy atom. The molecule has 0 bridgehead atoms. The third-order valence-corrected chi connectivity index (χ3v) is 4.06. The summed E-state index contributed by atoms with van der Waals surface area (Å²) in [5.41, 5.74) is 2.43. The number of fused-ring (bicyclic) bond motifs is 1. The van der Waals surface area contributed by atoms with E-state index in [2.05, 4.69) is 15.3 Å². The highest BCUT2D eigenvalue weighted by atomic mass is 16.2. The Kier molecular flexibility index (Phi) is 3.79. The van der Waals surface area contributed by atoms with Crippen LogP contribution in [-0.2, 0) is 4.79 Å². The zero-order valence-electron chi connectivity index (χ0n) is 12.1. The fourth-order valence-electron chi connectivity index (χ4n) is 2.76. The highest BCUT2D eigenvalue weighted by Gasteiger charge is 2.18. The van der Waals surface area contributed by atoms with Crippen LogP contribution in [0.2, 0.25) is 0 Å². The van der Waals surface area contributed by atoms with Gasteiger partial charge in [0.05, 0.1) is 17.6 Å². The van der Waals surface area contributed by atoms with Crippen molar-refractivity contribution in [1.82, 2.24) is 20.2 Å². The standard InChI is InChI=1S/C15H20N4O2/c1-10(16-9-14(20)19-6-2-3-7-19)11-4-5-12-13(8-11)18-15(21)17-12/h4-5,8,10,16H,2-3,6-7,9H2,1H3,(H2,17,18,21). The normalized spacial score (nSPS) is 16.5. The third-order valence-electron chi connectivity index (χ3n) is 4.06. The summed E-state index contributed by atoms with van der Waals surface area (Å²) in [5, 5.41) is 3.25. The number of hydrogen-bond donors (Lipinski definition) is 3. The van der Waals surface area contributed by atoms with Crippen molar-refractivity contribution < 1.29 is 4.79 Å².